The molecule has 0 amide bonds. The van der Waals surface area contributed by atoms with Crippen LogP contribution in [0.2, 0.25) is 0 Å². The topological polar surface area (TPSA) is 38.0 Å². The van der Waals surface area contributed by atoms with Gasteiger partial charge in [0.05, 0.1) is 11.8 Å². The highest BCUT2D eigenvalue weighted by Crippen LogP contribution is 2.28. The maximum Gasteiger partial charge on any atom is 0.0921 e. The first-order valence-electron chi connectivity index (χ1n) is 4.73. The molecule has 0 spiro atoms. The zero-order valence-corrected chi connectivity index (χ0v) is 8.78. The highest BCUT2D eigenvalue weighted by molar-refractivity contribution is 5.14. The smallest absolute Gasteiger partial charge is 0.0921 e. The molecule has 1 N–H and O–H groups in total. The Morgan fingerprint density at radius 2 is 2.23 bits per heavy atom. The molecule has 1 atom stereocenters. The molecule has 0 saturated heterocycles. The summed E-state index contributed by atoms with van der Waals surface area (Å²) in [4.78, 5) is 0. The summed E-state index contributed by atoms with van der Waals surface area (Å²) in [7, 11) is 0. The lowest BCUT2D eigenvalue weighted by Gasteiger charge is -2.26. The summed E-state index contributed by atoms with van der Waals surface area (Å²) in [6.07, 6.45) is 3.64. The van der Waals surface area contributed by atoms with E-state index in [1.807, 2.05) is 38.6 Å². The van der Waals surface area contributed by atoms with Crippen molar-refractivity contribution in [2.75, 3.05) is 0 Å². The van der Waals surface area contributed by atoms with Crippen molar-refractivity contribution >= 4 is 0 Å². The zero-order valence-electron chi connectivity index (χ0n) is 8.78. The summed E-state index contributed by atoms with van der Waals surface area (Å²) in [5, 5.41) is 14.3. The van der Waals surface area contributed by atoms with Crippen LogP contribution in [0.5, 0.6) is 0 Å². The van der Waals surface area contributed by atoms with Crippen molar-refractivity contribution in [3.05, 3.63) is 18.0 Å². The Labute approximate surface area is 79.4 Å². The molecule has 1 aromatic rings. The lowest BCUT2D eigenvalue weighted by atomic mass is 9.87. The molecule has 0 radical (unpaired) electrons. The number of hydrogen-bond acceptors (Lipinski definition) is 2. The van der Waals surface area contributed by atoms with Crippen LogP contribution < -0.4 is 0 Å². The first-order valence-corrected chi connectivity index (χ1v) is 4.73. The van der Waals surface area contributed by atoms with Gasteiger partial charge in [0.2, 0.25) is 0 Å². The summed E-state index contributed by atoms with van der Waals surface area (Å²) in [6.45, 7) is 8.70. The average Bonchev–Trinajstić information content (AvgIpc) is 2.51. The van der Waals surface area contributed by atoms with Gasteiger partial charge >= 0.3 is 0 Å². The molecule has 0 aliphatic rings. The van der Waals surface area contributed by atoms with Gasteiger partial charge in [0.1, 0.15) is 0 Å². The number of rotatable bonds is 3. The van der Waals surface area contributed by atoms with Gasteiger partial charge < -0.3 is 5.11 Å². The third-order valence-electron chi connectivity index (χ3n) is 2.67. The molecule has 0 aliphatic heterocycles. The highest BCUT2D eigenvalue weighted by atomic mass is 16.3. The Kier molecular flexibility index (Phi) is 2.76. The van der Waals surface area contributed by atoms with Crippen molar-refractivity contribution in [3.63, 3.8) is 0 Å². The molecule has 0 aromatic carbocycles. The maximum atomic E-state index is 10.1. The van der Waals surface area contributed by atoms with Gasteiger partial charge in [0.25, 0.3) is 0 Å². The standard InChI is InChI=1S/C10H18N2O/c1-5-12-7-9(6-11-12)10(4,13)8(2)3/h6-8,13H,5H2,1-4H3. The molecule has 74 valence electrons. The summed E-state index contributed by atoms with van der Waals surface area (Å²) in [6, 6.07) is 0. The van der Waals surface area contributed by atoms with Gasteiger partial charge in [-0.15, -0.1) is 0 Å². The second-order valence-electron chi connectivity index (χ2n) is 3.89. The second-order valence-corrected chi connectivity index (χ2v) is 3.89. The van der Waals surface area contributed by atoms with E-state index < -0.39 is 5.60 Å². The van der Waals surface area contributed by atoms with E-state index in [1.54, 1.807) is 6.20 Å². The Bertz CT molecular complexity index is 276. The fraction of sp³-hybridized carbons (Fsp3) is 0.700. The van der Waals surface area contributed by atoms with E-state index in [2.05, 4.69) is 5.10 Å². The van der Waals surface area contributed by atoms with Crippen molar-refractivity contribution in [3.8, 4) is 0 Å². The van der Waals surface area contributed by atoms with E-state index in [0.29, 0.717) is 0 Å². The van der Waals surface area contributed by atoms with Crippen molar-refractivity contribution in [1.29, 1.82) is 0 Å². The van der Waals surface area contributed by atoms with E-state index in [-0.39, 0.29) is 5.92 Å². The fourth-order valence-electron chi connectivity index (χ4n) is 1.13. The molecule has 1 heterocycles. The summed E-state index contributed by atoms with van der Waals surface area (Å²) < 4.78 is 1.83. The Hall–Kier alpha value is -0.830. The van der Waals surface area contributed by atoms with Crippen LogP contribution in [0.4, 0.5) is 0 Å². The predicted octanol–water partition coefficient (Wildman–Crippen LogP) is 1.77. The number of aryl methyl sites for hydroxylation is 1. The van der Waals surface area contributed by atoms with Gasteiger partial charge in [-0.25, -0.2) is 0 Å². The van der Waals surface area contributed by atoms with Crippen LogP contribution >= 0.6 is 0 Å². The summed E-state index contributed by atoms with van der Waals surface area (Å²) in [5.41, 5.74) is 0.123. The van der Waals surface area contributed by atoms with Crippen molar-refractivity contribution in [2.45, 2.75) is 39.8 Å². The zero-order chi connectivity index (χ0) is 10.1. The van der Waals surface area contributed by atoms with Gasteiger partial charge in [0, 0.05) is 18.3 Å². The maximum absolute atomic E-state index is 10.1. The Morgan fingerprint density at radius 3 is 2.62 bits per heavy atom. The molecule has 1 rings (SSSR count). The molecule has 0 bridgehead atoms. The molecule has 3 heteroatoms. The van der Waals surface area contributed by atoms with Gasteiger partial charge in [-0.05, 0) is 19.8 Å². The van der Waals surface area contributed by atoms with E-state index in [4.69, 9.17) is 0 Å². The number of hydrogen-bond donors (Lipinski definition) is 1. The minimum absolute atomic E-state index is 0.196. The van der Waals surface area contributed by atoms with E-state index in [1.165, 1.54) is 0 Å². The predicted molar refractivity (Wildman–Crippen MR) is 52.3 cm³/mol. The largest absolute Gasteiger partial charge is 0.385 e. The highest BCUT2D eigenvalue weighted by Gasteiger charge is 2.28. The second kappa shape index (κ2) is 3.50. The molecule has 13 heavy (non-hydrogen) atoms. The molecule has 1 unspecified atom stereocenters. The van der Waals surface area contributed by atoms with E-state index >= 15 is 0 Å². The minimum Gasteiger partial charge on any atom is -0.385 e. The van der Waals surface area contributed by atoms with Crippen molar-refractivity contribution in [2.24, 2.45) is 5.92 Å². The summed E-state index contributed by atoms with van der Waals surface area (Å²) in [5.74, 6) is 0.196. The molecular formula is C10H18N2O. The molecule has 0 aliphatic carbocycles. The van der Waals surface area contributed by atoms with Crippen LogP contribution in [0.3, 0.4) is 0 Å². The lowest BCUT2D eigenvalue weighted by molar-refractivity contribution is 0.00897. The van der Waals surface area contributed by atoms with Crippen LogP contribution in [0, 0.1) is 5.92 Å². The lowest BCUT2D eigenvalue weighted by Crippen LogP contribution is -2.27. The monoisotopic (exact) mass is 182 g/mol. The quantitative estimate of drug-likeness (QED) is 0.773. The summed E-state index contributed by atoms with van der Waals surface area (Å²) >= 11 is 0. The SMILES string of the molecule is CCn1cc(C(C)(O)C(C)C)cn1. The van der Waals surface area contributed by atoms with Crippen LogP contribution in [0.1, 0.15) is 33.3 Å². The Morgan fingerprint density at radius 1 is 1.62 bits per heavy atom. The average molecular weight is 182 g/mol. The van der Waals surface area contributed by atoms with E-state index in [0.717, 1.165) is 12.1 Å². The van der Waals surface area contributed by atoms with Crippen LogP contribution in [0.15, 0.2) is 12.4 Å². The van der Waals surface area contributed by atoms with Crippen LogP contribution in [-0.2, 0) is 12.1 Å². The van der Waals surface area contributed by atoms with Crippen molar-refractivity contribution in [1.82, 2.24) is 9.78 Å². The van der Waals surface area contributed by atoms with Crippen LogP contribution in [0.25, 0.3) is 0 Å². The number of nitrogens with zero attached hydrogens (tertiary/aromatic N) is 2. The third kappa shape index (κ3) is 1.91. The third-order valence-corrected chi connectivity index (χ3v) is 2.67. The molecular weight excluding hydrogens is 164 g/mol. The van der Waals surface area contributed by atoms with E-state index in [9.17, 15) is 5.11 Å². The van der Waals surface area contributed by atoms with Gasteiger partial charge in [0.15, 0.2) is 0 Å². The van der Waals surface area contributed by atoms with Crippen LogP contribution in [-0.4, -0.2) is 14.9 Å². The number of aliphatic hydroxyl groups is 1. The molecule has 3 nitrogen and oxygen atoms in total. The van der Waals surface area contributed by atoms with Crippen molar-refractivity contribution < 1.29 is 5.11 Å². The van der Waals surface area contributed by atoms with Gasteiger partial charge in [-0.2, -0.15) is 5.10 Å². The first kappa shape index (κ1) is 10.3. The fourth-order valence-corrected chi connectivity index (χ4v) is 1.13. The molecule has 0 saturated carbocycles. The minimum atomic E-state index is -0.770. The normalized spacial score (nSPS) is 16.2. The Balaban J connectivity index is 2.93. The van der Waals surface area contributed by atoms with Gasteiger partial charge in [-0.1, -0.05) is 13.8 Å². The van der Waals surface area contributed by atoms with Gasteiger partial charge in [-0.3, -0.25) is 4.68 Å². The molecule has 0 fully saturated rings. The molecule has 1 aromatic heterocycles. The first-order chi connectivity index (χ1) is 5.98. The number of aromatic nitrogens is 2.